The van der Waals surface area contributed by atoms with Crippen molar-refractivity contribution in [3.8, 4) is 0 Å². The first-order valence-electron chi connectivity index (χ1n) is 6.19. The van der Waals surface area contributed by atoms with Crippen LogP contribution in [0.25, 0.3) is 0 Å². The SMILES string of the molecule is Cc1cc(C)cc(N(C)Cc2ccc(Br)cc2F)c1. The molecule has 3 heteroatoms. The maximum Gasteiger partial charge on any atom is 0.129 e. The first kappa shape index (κ1) is 14.1. The van der Waals surface area contributed by atoms with Gasteiger partial charge in [-0.1, -0.05) is 28.1 Å². The quantitative estimate of drug-likeness (QED) is 0.781. The third-order valence-electron chi connectivity index (χ3n) is 3.07. The summed E-state index contributed by atoms with van der Waals surface area (Å²) < 4.78 is 14.6. The van der Waals surface area contributed by atoms with Gasteiger partial charge in [0.2, 0.25) is 0 Å². The van der Waals surface area contributed by atoms with Crippen LogP contribution in [-0.4, -0.2) is 7.05 Å². The van der Waals surface area contributed by atoms with Crippen LogP contribution in [0.5, 0.6) is 0 Å². The Hall–Kier alpha value is -1.35. The van der Waals surface area contributed by atoms with Gasteiger partial charge in [0.05, 0.1) is 0 Å². The normalized spacial score (nSPS) is 10.6. The van der Waals surface area contributed by atoms with Crippen molar-refractivity contribution in [2.24, 2.45) is 0 Å². The number of anilines is 1. The molecule has 0 bridgehead atoms. The fourth-order valence-electron chi connectivity index (χ4n) is 2.17. The maximum absolute atomic E-state index is 13.8. The Kier molecular flexibility index (Phi) is 4.25. The molecule has 2 aromatic carbocycles. The molecular formula is C16H17BrFN. The van der Waals surface area contributed by atoms with Gasteiger partial charge in [-0.05, 0) is 49.2 Å². The van der Waals surface area contributed by atoms with Crippen LogP contribution in [0.1, 0.15) is 16.7 Å². The summed E-state index contributed by atoms with van der Waals surface area (Å²) in [6.45, 7) is 4.71. The van der Waals surface area contributed by atoms with Crippen molar-refractivity contribution in [3.05, 3.63) is 63.4 Å². The summed E-state index contributed by atoms with van der Waals surface area (Å²) in [4.78, 5) is 2.06. The van der Waals surface area contributed by atoms with E-state index >= 15 is 0 Å². The molecular weight excluding hydrogens is 305 g/mol. The molecule has 0 aliphatic rings. The van der Waals surface area contributed by atoms with Gasteiger partial charge in [-0.2, -0.15) is 0 Å². The molecule has 2 rings (SSSR count). The predicted octanol–water partition coefficient (Wildman–Crippen LogP) is 4.84. The number of benzene rings is 2. The van der Waals surface area contributed by atoms with Crippen LogP contribution in [0.2, 0.25) is 0 Å². The fourth-order valence-corrected chi connectivity index (χ4v) is 2.50. The molecule has 0 fully saturated rings. The molecule has 0 aliphatic carbocycles. The minimum absolute atomic E-state index is 0.175. The molecule has 0 saturated heterocycles. The van der Waals surface area contributed by atoms with Gasteiger partial charge < -0.3 is 4.90 Å². The molecule has 1 nitrogen and oxygen atoms in total. The Labute approximate surface area is 122 Å². The van der Waals surface area contributed by atoms with E-state index in [0.717, 1.165) is 10.2 Å². The smallest absolute Gasteiger partial charge is 0.129 e. The molecule has 0 saturated carbocycles. The van der Waals surface area contributed by atoms with Gasteiger partial charge in [-0.3, -0.25) is 0 Å². The summed E-state index contributed by atoms with van der Waals surface area (Å²) in [5.74, 6) is -0.175. The van der Waals surface area contributed by atoms with Crippen molar-refractivity contribution in [2.75, 3.05) is 11.9 Å². The number of aryl methyl sites for hydroxylation is 2. The lowest BCUT2D eigenvalue weighted by molar-refractivity contribution is 0.607. The lowest BCUT2D eigenvalue weighted by atomic mass is 10.1. The summed E-state index contributed by atoms with van der Waals surface area (Å²) >= 11 is 3.27. The molecule has 2 aromatic rings. The van der Waals surface area contributed by atoms with Crippen LogP contribution in [0, 0.1) is 19.7 Å². The number of hydrogen-bond acceptors (Lipinski definition) is 1. The van der Waals surface area contributed by atoms with E-state index in [1.807, 2.05) is 19.2 Å². The highest BCUT2D eigenvalue weighted by Crippen LogP contribution is 2.21. The second-order valence-corrected chi connectivity index (χ2v) is 5.85. The number of halogens is 2. The Morgan fingerprint density at radius 2 is 1.68 bits per heavy atom. The highest BCUT2D eigenvalue weighted by molar-refractivity contribution is 9.10. The Morgan fingerprint density at radius 3 is 2.26 bits per heavy atom. The molecule has 0 unspecified atom stereocenters. The van der Waals surface area contributed by atoms with E-state index in [1.165, 1.54) is 17.2 Å². The van der Waals surface area contributed by atoms with Gasteiger partial charge in [-0.15, -0.1) is 0 Å². The Bertz CT molecular complexity index is 575. The second kappa shape index (κ2) is 5.74. The van der Waals surface area contributed by atoms with Crippen LogP contribution >= 0.6 is 15.9 Å². The fraction of sp³-hybridized carbons (Fsp3) is 0.250. The lowest BCUT2D eigenvalue weighted by Gasteiger charge is -2.21. The highest BCUT2D eigenvalue weighted by Gasteiger charge is 2.08. The maximum atomic E-state index is 13.8. The standard InChI is InChI=1S/C16H17BrFN/c1-11-6-12(2)8-15(7-11)19(3)10-13-4-5-14(17)9-16(13)18/h4-9H,10H2,1-3H3. The van der Waals surface area contributed by atoms with E-state index in [1.54, 1.807) is 0 Å². The van der Waals surface area contributed by atoms with Gasteiger partial charge >= 0.3 is 0 Å². The van der Waals surface area contributed by atoms with Crippen LogP contribution in [0.3, 0.4) is 0 Å². The van der Waals surface area contributed by atoms with E-state index in [4.69, 9.17) is 0 Å². The zero-order chi connectivity index (χ0) is 14.0. The lowest BCUT2D eigenvalue weighted by Crippen LogP contribution is -2.17. The topological polar surface area (TPSA) is 3.24 Å². The third kappa shape index (κ3) is 3.57. The second-order valence-electron chi connectivity index (χ2n) is 4.94. The number of hydrogen-bond donors (Lipinski definition) is 0. The average molecular weight is 322 g/mol. The van der Waals surface area contributed by atoms with Crippen molar-refractivity contribution in [1.82, 2.24) is 0 Å². The first-order chi connectivity index (χ1) is 8.95. The summed E-state index contributed by atoms with van der Waals surface area (Å²) in [7, 11) is 1.98. The Balaban J connectivity index is 2.22. The van der Waals surface area contributed by atoms with Gasteiger partial charge in [0, 0.05) is 29.3 Å². The molecule has 0 N–H and O–H groups in total. The molecule has 0 radical (unpaired) electrons. The summed E-state index contributed by atoms with van der Waals surface area (Å²) in [5.41, 5.74) is 4.25. The Morgan fingerprint density at radius 1 is 1.05 bits per heavy atom. The monoisotopic (exact) mass is 321 g/mol. The van der Waals surface area contributed by atoms with E-state index < -0.39 is 0 Å². The molecule has 100 valence electrons. The third-order valence-corrected chi connectivity index (χ3v) is 3.56. The van der Waals surface area contributed by atoms with E-state index in [9.17, 15) is 4.39 Å². The van der Waals surface area contributed by atoms with E-state index in [-0.39, 0.29) is 5.82 Å². The van der Waals surface area contributed by atoms with Gasteiger partial charge in [0.1, 0.15) is 5.82 Å². The van der Waals surface area contributed by atoms with Crippen molar-refractivity contribution in [1.29, 1.82) is 0 Å². The molecule has 0 aliphatic heterocycles. The van der Waals surface area contributed by atoms with Crippen molar-refractivity contribution < 1.29 is 4.39 Å². The highest BCUT2D eigenvalue weighted by atomic mass is 79.9. The van der Waals surface area contributed by atoms with Gasteiger partial charge in [0.25, 0.3) is 0 Å². The van der Waals surface area contributed by atoms with Crippen molar-refractivity contribution in [3.63, 3.8) is 0 Å². The van der Waals surface area contributed by atoms with Crippen LogP contribution in [0.4, 0.5) is 10.1 Å². The molecule has 0 amide bonds. The van der Waals surface area contributed by atoms with Crippen LogP contribution in [-0.2, 0) is 6.54 Å². The van der Waals surface area contributed by atoms with Crippen molar-refractivity contribution >= 4 is 21.6 Å². The average Bonchev–Trinajstić information content (AvgIpc) is 2.31. The van der Waals surface area contributed by atoms with E-state index in [2.05, 4.69) is 52.9 Å². The van der Waals surface area contributed by atoms with Gasteiger partial charge in [-0.25, -0.2) is 4.39 Å². The van der Waals surface area contributed by atoms with Crippen LogP contribution in [0.15, 0.2) is 40.9 Å². The number of rotatable bonds is 3. The minimum Gasteiger partial charge on any atom is -0.370 e. The zero-order valence-corrected chi connectivity index (χ0v) is 13.0. The molecule has 0 atom stereocenters. The minimum atomic E-state index is -0.175. The summed E-state index contributed by atoms with van der Waals surface area (Å²) in [6.07, 6.45) is 0. The number of nitrogens with zero attached hydrogens (tertiary/aromatic N) is 1. The molecule has 0 aromatic heterocycles. The largest absolute Gasteiger partial charge is 0.370 e. The first-order valence-corrected chi connectivity index (χ1v) is 6.98. The zero-order valence-electron chi connectivity index (χ0n) is 11.4. The summed E-state index contributed by atoms with van der Waals surface area (Å²) in [6, 6.07) is 11.6. The van der Waals surface area contributed by atoms with Crippen molar-refractivity contribution in [2.45, 2.75) is 20.4 Å². The van der Waals surface area contributed by atoms with Crippen LogP contribution < -0.4 is 4.90 Å². The molecule has 19 heavy (non-hydrogen) atoms. The summed E-state index contributed by atoms with van der Waals surface area (Å²) in [5, 5.41) is 0. The van der Waals surface area contributed by atoms with E-state index in [0.29, 0.717) is 12.1 Å². The molecule has 0 spiro atoms. The predicted molar refractivity (Wildman–Crippen MR) is 82.1 cm³/mol. The molecule has 0 heterocycles. The van der Waals surface area contributed by atoms with Gasteiger partial charge in [0.15, 0.2) is 0 Å².